The summed E-state index contributed by atoms with van der Waals surface area (Å²) in [7, 11) is 0. The van der Waals surface area contributed by atoms with E-state index in [0.29, 0.717) is 6.54 Å². The van der Waals surface area contributed by atoms with E-state index in [4.69, 9.17) is 5.73 Å². The molecule has 0 spiro atoms. The van der Waals surface area contributed by atoms with Crippen molar-refractivity contribution in [3.05, 3.63) is 35.4 Å². The molecule has 1 unspecified atom stereocenters. The van der Waals surface area contributed by atoms with Crippen LogP contribution >= 0.6 is 0 Å². The van der Waals surface area contributed by atoms with Crippen molar-refractivity contribution in [1.82, 2.24) is 10.2 Å². The smallest absolute Gasteiger partial charge is 0.239 e. The molecule has 1 amide bonds. The third kappa shape index (κ3) is 4.86. The first kappa shape index (κ1) is 16.5. The molecule has 20 heavy (non-hydrogen) atoms. The molecule has 0 aromatic heterocycles. The number of benzene rings is 1. The molecule has 0 saturated heterocycles. The molecule has 3 N–H and O–H groups in total. The van der Waals surface area contributed by atoms with Gasteiger partial charge in [-0.1, -0.05) is 13.8 Å². The molecule has 0 aliphatic carbocycles. The van der Waals surface area contributed by atoms with Gasteiger partial charge in [0, 0.05) is 19.2 Å². The summed E-state index contributed by atoms with van der Waals surface area (Å²) in [6, 6.07) is 2.10. The lowest BCUT2D eigenvalue weighted by atomic mass is 10.1. The Morgan fingerprint density at radius 3 is 2.25 bits per heavy atom. The van der Waals surface area contributed by atoms with Crippen molar-refractivity contribution < 1.29 is 13.6 Å². The summed E-state index contributed by atoms with van der Waals surface area (Å²) in [5, 5.41) is 2.94. The molecule has 1 aromatic rings. The predicted molar refractivity (Wildman–Crippen MR) is 74.1 cm³/mol. The number of rotatable bonds is 8. The van der Waals surface area contributed by atoms with Gasteiger partial charge in [-0.05, 0) is 30.8 Å². The quantitative estimate of drug-likeness (QED) is 0.759. The van der Waals surface area contributed by atoms with Gasteiger partial charge in [0.2, 0.25) is 5.91 Å². The summed E-state index contributed by atoms with van der Waals surface area (Å²) in [5.74, 6) is -2.11. The standard InChI is InChI=1S/C14H21F2N3O/c1-3-19(4-2)6-5-18-13(14(17)20)10-7-11(15)9-12(16)8-10/h7-9,13,18H,3-6H2,1-2H3,(H2,17,20). The predicted octanol–water partition coefficient (Wildman–Crippen LogP) is 1.42. The molecule has 4 nitrogen and oxygen atoms in total. The van der Waals surface area contributed by atoms with Crippen molar-refractivity contribution in [3.8, 4) is 0 Å². The molecule has 1 rings (SSSR count). The van der Waals surface area contributed by atoms with Crippen molar-refractivity contribution >= 4 is 5.91 Å². The zero-order chi connectivity index (χ0) is 15.1. The first-order valence-corrected chi connectivity index (χ1v) is 6.69. The molecule has 0 heterocycles. The van der Waals surface area contributed by atoms with Crippen LogP contribution in [0.2, 0.25) is 0 Å². The second-order valence-corrected chi connectivity index (χ2v) is 4.52. The number of carbonyl (C=O) groups is 1. The molecule has 0 saturated carbocycles. The Kier molecular flexibility index (Phi) is 6.54. The van der Waals surface area contributed by atoms with Gasteiger partial charge >= 0.3 is 0 Å². The number of hydrogen-bond donors (Lipinski definition) is 2. The maximum absolute atomic E-state index is 13.2. The van der Waals surface area contributed by atoms with Crippen LogP contribution in [0.4, 0.5) is 8.78 Å². The average Bonchev–Trinajstić information content (AvgIpc) is 2.37. The molecule has 0 aliphatic rings. The van der Waals surface area contributed by atoms with Gasteiger partial charge < -0.3 is 16.0 Å². The van der Waals surface area contributed by atoms with Gasteiger partial charge in [0.1, 0.15) is 17.7 Å². The minimum atomic E-state index is -0.893. The molecule has 1 aromatic carbocycles. The Balaban J connectivity index is 2.72. The highest BCUT2D eigenvalue weighted by molar-refractivity contribution is 5.81. The number of nitrogens with one attached hydrogen (secondary N) is 1. The van der Waals surface area contributed by atoms with Crippen molar-refractivity contribution in [2.45, 2.75) is 19.9 Å². The summed E-state index contributed by atoms with van der Waals surface area (Å²) >= 11 is 0. The van der Waals surface area contributed by atoms with Gasteiger partial charge in [0.05, 0.1) is 0 Å². The second-order valence-electron chi connectivity index (χ2n) is 4.52. The van der Waals surface area contributed by atoms with Gasteiger partial charge in [0.15, 0.2) is 0 Å². The normalized spacial score (nSPS) is 12.7. The molecule has 0 bridgehead atoms. The molecule has 0 fully saturated rings. The van der Waals surface area contributed by atoms with Crippen LogP contribution in [0.3, 0.4) is 0 Å². The highest BCUT2D eigenvalue weighted by Crippen LogP contribution is 2.16. The van der Waals surface area contributed by atoms with Gasteiger partial charge in [-0.2, -0.15) is 0 Å². The fourth-order valence-electron chi connectivity index (χ4n) is 2.03. The van der Waals surface area contributed by atoms with E-state index in [0.717, 1.165) is 37.8 Å². The highest BCUT2D eigenvalue weighted by atomic mass is 19.1. The third-order valence-electron chi connectivity index (χ3n) is 3.17. The SMILES string of the molecule is CCN(CC)CCNC(C(N)=O)c1cc(F)cc(F)c1. The van der Waals surface area contributed by atoms with Crippen LogP contribution in [0.1, 0.15) is 25.5 Å². The Bertz CT molecular complexity index is 430. The molecule has 0 radical (unpaired) electrons. The van der Waals surface area contributed by atoms with Crippen LogP contribution in [0.25, 0.3) is 0 Å². The van der Waals surface area contributed by atoms with Crippen LogP contribution in [0, 0.1) is 11.6 Å². The van der Waals surface area contributed by atoms with Crippen molar-refractivity contribution in [2.75, 3.05) is 26.2 Å². The number of nitrogens with two attached hydrogens (primary N) is 1. The number of likely N-dealkylation sites (N-methyl/N-ethyl adjacent to an activating group) is 1. The number of halogens is 2. The molecule has 1 atom stereocenters. The lowest BCUT2D eigenvalue weighted by molar-refractivity contribution is -0.120. The molecular weight excluding hydrogens is 264 g/mol. The third-order valence-corrected chi connectivity index (χ3v) is 3.17. The van der Waals surface area contributed by atoms with E-state index >= 15 is 0 Å². The zero-order valence-corrected chi connectivity index (χ0v) is 11.8. The summed E-state index contributed by atoms with van der Waals surface area (Å²) in [6.45, 7) is 7.11. The van der Waals surface area contributed by atoms with Crippen molar-refractivity contribution in [3.63, 3.8) is 0 Å². The number of nitrogens with zero attached hydrogens (tertiary/aromatic N) is 1. The molecular formula is C14H21F2N3O. The van der Waals surface area contributed by atoms with Crippen molar-refractivity contribution in [1.29, 1.82) is 0 Å². The fraction of sp³-hybridized carbons (Fsp3) is 0.500. The van der Waals surface area contributed by atoms with E-state index in [-0.39, 0.29) is 5.56 Å². The van der Waals surface area contributed by atoms with Crippen LogP contribution in [0.5, 0.6) is 0 Å². The lowest BCUT2D eigenvalue weighted by Crippen LogP contribution is -2.38. The number of carbonyl (C=O) groups excluding carboxylic acids is 1. The Labute approximate surface area is 117 Å². The van der Waals surface area contributed by atoms with E-state index in [9.17, 15) is 13.6 Å². The minimum absolute atomic E-state index is 0.203. The topological polar surface area (TPSA) is 58.4 Å². The molecule has 6 heteroatoms. The Hall–Kier alpha value is -1.53. The van der Waals surface area contributed by atoms with Gasteiger partial charge in [0.25, 0.3) is 0 Å². The van der Waals surface area contributed by atoms with E-state index in [1.165, 1.54) is 0 Å². The van der Waals surface area contributed by atoms with E-state index in [2.05, 4.69) is 10.2 Å². The molecule has 0 aliphatic heterocycles. The van der Waals surface area contributed by atoms with E-state index in [1.54, 1.807) is 0 Å². The average molecular weight is 285 g/mol. The number of hydrogen-bond acceptors (Lipinski definition) is 3. The zero-order valence-electron chi connectivity index (χ0n) is 11.8. The van der Waals surface area contributed by atoms with E-state index in [1.807, 2.05) is 13.8 Å². The number of amides is 1. The summed E-state index contributed by atoms with van der Waals surface area (Å²) < 4.78 is 26.4. The monoisotopic (exact) mass is 285 g/mol. The largest absolute Gasteiger partial charge is 0.368 e. The van der Waals surface area contributed by atoms with E-state index < -0.39 is 23.6 Å². The van der Waals surface area contributed by atoms with Crippen LogP contribution in [-0.2, 0) is 4.79 Å². The highest BCUT2D eigenvalue weighted by Gasteiger charge is 2.18. The minimum Gasteiger partial charge on any atom is -0.368 e. The van der Waals surface area contributed by atoms with Gasteiger partial charge in [-0.15, -0.1) is 0 Å². The first-order chi connectivity index (χ1) is 9.47. The summed E-state index contributed by atoms with van der Waals surface area (Å²) in [6.07, 6.45) is 0. The second kappa shape index (κ2) is 7.91. The van der Waals surface area contributed by atoms with Gasteiger partial charge in [-0.25, -0.2) is 8.78 Å². The number of primary amides is 1. The maximum atomic E-state index is 13.2. The summed E-state index contributed by atoms with van der Waals surface area (Å²) in [4.78, 5) is 13.6. The van der Waals surface area contributed by atoms with Crippen LogP contribution in [-0.4, -0.2) is 37.0 Å². The molecule has 112 valence electrons. The van der Waals surface area contributed by atoms with Gasteiger partial charge in [-0.3, -0.25) is 4.79 Å². The maximum Gasteiger partial charge on any atom is 0.239 e. The van der Waals surface area contributed by atoms with Crippen LogP contribution in [0.15, 0.2) is 18.2 Å². The van der Waals surface area contributed by atoms with Crippen molar-refractivity contribution in [2.24, 2.45) is 5.73 Å². The lowest BCUT2D eigenvalue weighted by Gasteiger charge is -2.21. The summed E-state index contributed by atoms with van der Waals surface area (Å²) in [5.41, 5.74) is 5.49. The van der Waals surface area contributed by atoms with Crippen LogP contribution < -0.4 is 11.1 Å². The Morgan fingerprint density at radius 2 is 1.80 bits per heavy atom. The fourth-order valence-corrected chi connectivity index (χ4v) is 2.03. The Morgan fingerprint density at radius 1 is 1.25 bits per heavy atom. The first-order valence-electron chi connectivity index (χ1n) is 6.69.